The lowest BCUT2D eigenvalue weighted by Gasteiger charge is -2.18. The van der Waals surface area contributed by atoms with Gasteiger partial charge in [0.25, 0.3) is 0 Å². The highest BCUT2D eigenvalue weighted by Gasteiger charge is 2.18. The minimum absolute atomic E-state index is 0.222. The van der Waals surface area contributed by atoms with E-state index >= 15 is 0 Å². The molecule has 19 heavy (non-hydrogen) atoms. The van der Waals surface area contributed by atoms with E-state index in [0.29, 0.717) is 5.75 Å². The first-order chi connectivity index (χ1) is 9.00. The first-order valence-electron chi connectivity index (χ1n) is 6.17. The molecule has 2 atom stereocenters. The quantitative estimate of drug-likeness (QED) is 0.885. The maximum Gasteiger partial charge on any atom is 0.344 e. The topological polar surface area (TPSA) is 72.5 Å². The van der Waals surface area contributed by atoms with Gasteiger partial charge in [-0.1, -0.05) is 36.4 Å². The Morgan fingerprint density at radius 2 is 1.89 bits per heavy atom. The van der Waals surface area contributed by atoms with Crippen molar-refractivity contribution < 1.29 is 14.6 Å². The molecule has 2 aromatic rings. The van der Waals surface area contributed by atoms with Crippen molar-refractivity contribution in [3.63, 3.8) is 0 Å². The molecule has 0 amide bonds. The summed E-state index contributed by atoms with van der Waals surface area (Å²) < 4.78 is 5.60. The van der Waals surface area contributed by atoms with E-state index in [-0.39, 0.29) is 6.04 Å². The van der Waals surface area contributed by atoms with Crippen molar-refractivity contribution in [2.45, 2.75) is 26.0 Å². The van der Waals surface area contributed by atoms with E-state index in [9.17, 15) is 4.79 Å². The molecule has 4 nitrogen and oxygen atoms in total. The highest BCUT2D eigenvalue weighted by atomic mass is 16.5. The molecule has 0 radical (unpaired) electrons. The zero-order chi connectivity index (χ0) is 14.0. The second-order valence-electron chi connectivity index (χ2n) is 4.59. The zero-order valence-electron chi connectivity index (χ0n) is 11.0. The van der Waals surface area contributed by atoms with Gasteiger partial charge < -0.3 is 15.6 Å². The minimum atomic E-state index is -0.997. The van der Waals surface area contributed by atoms with E-state index in [1.54, 1.807) is 0 Å². The van der Waals surface area contributed by atoms with Crippen LogP contribution in [0.4, 0.5) is 0 Å². The average Bonchev–Trinajstić information content (AvgIpc) is 2.38. The van der Waals surface area contributed by atoms with E-state index in [0.717, 1.165) is 16.3 Å². The highest BCUT2D eigenvalue weighted by molar-refractivity contribution is 5.90. The van der Waals surface area contributed by atoms with Crippen LogP contribution in [0.1, 0.15) is 25.5 Å². The van der Waals surface area contributed by atoms with Gasteiger partial charge in [-0.15, -0.1) is 0 Å². The third-order valence-electron chi connectivity index (χ3n) is 3.04. The van der Waals surface area contributed by atoms with Crippen LogP contribution in [-0.4, -0.2) is 17.2 Å². The van der Waals surface area contributed by atoms with Crippen LogP contribution in [0.25, 0.3) is 10.8 Å². The van der Waals surface area contributed by atoms with Gasteiger partial charge in [0.2, 0.25) is 0 Å². The van der Waals surface area contributed by atoms with E-state index < -0.39 is 12.1 Å². The number of benzene rings is 2. The van der Waals surface area contributed by atoms with E-state index in [2.05, 4.69) is 0 Å². The van der Waals surface area contributed by atoms with Crippen molar-refractivity contribution in [3.05, 3.63) is 42.0 Å². The Kier molecular flexibility index (Phi) is 3.71. The van der Waals surface area contributed by atoms with Gasteiger partial charge in [-0.25, -0.2) is 4.79 Å². The fraction of sp³-hybridized carbons (Fsp3) is 0.267. The summed E-state index contributed by atoms with van der Waals surface area (Å²) in [5, 5.41) is 10.9. The van der Waals surface area contributed by atoms with Gasteiger partial charge in [-0.2, -0.15) is 0 Å². The number of hydrogen-bond donors (Lipinski definition) is 2. The normalized spacial score (nSPS) is 14.1. The number of ether oxygens (including phenoxy) is 1. The van der Waals surface area contributed by atoms with E-state index in [1.807, 2.05) is 43.3 Å². The summed E-state index contributed by atoms with van der Waals surface area (Å²) in [4.78, 5) is 11.0. The van der Waals surface area contributed by atoms with Crippen molar-refractivity contribution in [1.29, 1.82) is 0 Å². The summed E-state index contributed by atoms with van der Waals surface area (Å²) in [5.41, 5.74) is 6.74. The average molecular weight is 259 g/mol. The SMILES string of the molecule is CC(Oc1c(C(C)N)ccc2ccccc12)C(=O)O. The molecule has 2 aromatic carbocycles. The Morgan fingerprint density at radius 3 is 2.53 bits per heavy atom. The zero-order valence-corrected chi connectivity index (χ0v) is 11.0. The molecule has 0 aliphatic heterocycles. The van der Waals surface area contributed by atoms with Crippen molar-refractivity contribution in [2.75, 3.05) is 0 Å². The van der Waals surface area contributed by atoms with Gasteiger partial charge in [-0.3, -0.25) is 0 Å². The maximum absolute atomic E-state index is 11.0. The molecular weight excluding hydrogens is 242 g/mol. The molecule has 0 aromatic heterocycles. The largest absolute Gasteiger partial charge is 0.479 e. The molecule has 0 saturated carbocycles. The van der Waals surface area contributed by atoms with E-state index in [4.69, 9.17) is 15.6 Å². The summed E-state index contributed by atoms with van der Waals surface area (Å²) >= 11 is 0. The molecule has 2 unspecified atom stereocenters. The summed E-state index contributed by atoms with van der Waals surface area (Å²) in [6.45, 7) is 3.36. The number of nitrogens with two attached hydrogens (primary N) is 1. The van der Waals surface area contributed by atoms with Gasteiger partial charge >= 0.3 is 5.97 Å². The molecule has 0 saturated heterocycles. The molecule has 2 rings (SSSR count). The lowest BCUT2D eigenvalue weighted by Crippen LogP contribution is -2.24. The number of carboxylic acids is 1. The predicted octanol–water partition coefficient (Wildman–Crippen LogP) is 2.71. The first kappa shape index (κ1) is 13.4. The molecule has 3 N–H and O–H groups in total. The Bertz CT molecular complexity index is 607. The molecule has 0 fully saturated rings. The van der Waals surface area contributed by atoms with Gasteiger partial charge in [0.15, 0.2) is 6.10 Å². The second kappa shape index (κ2) is 5.28. The molecule has 0 bridgehead atoms. The van der Waals surface area contributed by atoms with Crippen molar-refractivity contribution in [2.24, 2.45) is 5.73 Å². The fourth-order valence-electron chi connectivity index (χ4n) is 1.98. The Labute approximate surface area is 111 Å². The Morgan fingerprint density at radius 1 is 1.21 bits per heavy atom. The summed E-state index contributed by atoms with van der Waals surface area (Å²) in [5.74, 6) is -0.438. The van der Waals surface area contributed by atoms with Crippen LogP contribution in [0.2, 0.25) is 0 Å². The van der Waals surface area contributed by atoms with Crippen LogP contribution < -0.4 is 10.5 Å². The number of hydrogen-bond acceptors (Lipinski definition) is 3. The van der Waals surface area contributed by atoms with Crippen LogP contribution in [-0.2, 0) is 4.79 Å². The van der Waals surface area contributed by atoms with Crippen molar-refractivity contribution in [1.82, 2.24) is 0 Å². The van der Waals surface area contributed by atoms with Crippen molar-refractivity contribution >= 4 is 16.7 Å². The number of rotatable bonds is 4. The van der Waals surface area contributed by atoms with Crippen molar-refractivity contribution in [3.8, 4) is 5.75 Å². The molecule has 100 valence electrons. The van der Waals surface area contributed by atoms with Gasteiger partial charge in [0.1, 0.15) is 5.75 Å². The van der Waals surface area contributed by atoms with E-state index in [1.165, 1.54) is 6.92 Å². The molecular formula is C15H17NO3. The maximum atomic E-state index is 11.0. The summed E-state index contributed by atoms with van der Waals surface area (Å²) in [7, 11) is 0. The Balaban J connectivity index is 2.59. The van der Waals surface area contributed by atoms with Crippen LogP contribution in [0, 0.1) is 0 Å². The lowest BCUT2D eigenvalue weighted by atomic mass is 10.0. The monoisotopic (exact) mass is 259 g/mol. The Hall–Kier alpha value is -2.07. The molecule has 0 spiro atoms. The molecule has 0 aliphatic rings. The highest BCUT2D eigenvalue weighted by Crippen LogP contribution is 2.33. The third kappa shape index (κ3) is 2.69. The van der Waals surface area contributed by atoms with Gasteiger partial charge in [0, 0.05) is 17.0 Å². The van der Waals surface area contributed by atoms with Crippen LogP contribution in [0.3, 0.4) is 0 Å². The number of carboxylic acid groups (broad SMARTS) is 1. The number of fused-ring (bicyclic) bond motifs is 1. The minimum Gasteiger partial charge on any atom is -0.479 e. The number of carbonyl (C=O) groups is 1. The lowest BCUT2D eigenvalue weighted by molar-refractivity contribution is -0.144. The molecule has 0 heterocycles. The van der Waals surface area contributed by atoms with Crippen LogP contribution >= 0.6 is 0 Å². The van der Waals surface area contributed by atoms with Crippen LogP contribution in [0.5, 0.6) is 5.75 Å². The number of aliphatic carboxylic acids is 1. The summed E-state index contributed by atoms with van der Waals surface area (Å²) in [6.07, 6.45) is -0.914. The van der Waals surface area contributed by atoms with Crippen LogP contribution in [0.15, 0.2) is 36.4 Å². The standard InChI is InChI=1S/C15H17NO3/c1-9(16)12-8-7-11-5-3-4-6-13(11)14(12)19-10(2)15(17)18/h3-10H,16H2,1-2H3,(H,17,18). The summed E-state index contributed by atoms with van der Waals surface area (Å²) in [6, 6.07) is 11.3. The predicted molar refractivity (Wildman–Crippen MR) is 74.3 cm³/mol. The smallest absolute Gasteiger partial charge is 0.344 e. The van der Waals surface area contributed by atoms with Gasteiger partial charge in [0.05, 0.1) is 0 Å². The third-order valence-corrected chi connectivity index (χ3v) is 3.04. The fourth-order valence-corrected chi connectivity index (χ4v) is 1.98. The first-order valence-corrected chi connectivity index (χ1v) is 6.17. The molecule has 4 heteroatoms. The second-order valence-corrected chi connectivity index (χ2v) is 4.59. The molecule has 0 aliphatic carbocycles. The van der Waals surface area contributed by atoms with Gasteiger partial charge in [-0.05, 0) is 19.2 Å².